The molecule has 29 heavy (non-hydrogen) atoms. The highest BCUT2D eigenvalue weighted by atomic mass is 16.5. The minimum absolute atomic E-state index is 0.00423. The molecule has 1 aliphatic carbocycles. The predicted octanol–water partition coefficient (Wildman–Crippen LogP) is 0.134. The summed E-state index contributed by atoms with van der Waals surface area (Å²) in [6.07, 6.45) is 3.39. The number of carbonyl (C=O) groups is 2. The van der Waals surface area contributed by atoms with Crippen LogP contribution in [0.5, 0.6) is 0 Å². The molecule has 0 heterocycles. The molecule has 1 aliphatic rings. The van der Waals surface area contributed by atoms with Crippen molar-refractivity contribution < 1.29 is 28.5 Å². The third-order valence-electron chi connectivity index (χ3n) is 4.03. The Labute approximate surface area is 173 Å². The van der Waals surface area contributed by atoms with E-state index in [1.807, 2.05) is 0 Å². The number of amides is 1. The van der Waals surface area contributed by atoms with Crippen LogP contribution in [0.4, 0.5) is 0 Å². The smallest absolute Gasteiger partial charge is 0.245 e. The summed E-state index contributed by atoms with van der Waals surface area (Å²) in [4.78, 5) is 22.3. The van der Waals surface area contributed by atoms with Gasteiger partial charge in [-0.15, -0.1) is 0 Å². The van der Waals surface area contributed by atoms with Crippen LogP contribution in [-0.2, 0) is 28.5 Å². The molecule has 4 N–H and O–H groups in total. The number of rotatable bonds is 20. The Bertz CT molecular complexity index is 493. The largest absolute Gasteiger partial charge is 0.384 e. The number of hydrogen-bond acceptors (Lipinski definition) is 8. The summed E-state index contributed by atoms with van der Waals surface area (Å²) in [6.45, 7) is 6.83. The molecule has 1 fully saturated rings. The minimum Gasteiger partial charge on any atom is -0.384 e. The summed E-state index contributed by atoms with van der Waals surface area (Å²) in [5.41, 5.74) is 7.91. The molecule has 0 saturated heterocycles. The van der Waals surface area contributed by atoms with Crippen LogP contribution >= 0.6 is 0 Å². The van der Waals surface area contributed by atoms with Crippen LogP contribution in [0.15, 0.2) is 11.3 Å². The van der Waals surface area contributed by atoms with Crippen molar-refractivity contribution in [2.75, 3.05) is 72.5 Å². The lowest BCUT2D eigenvalue weighted by molar-refractivity contribution is -0.126. The Morgan fingerprint density at radius 3 is 2.17 bits per heavy atom. The van der Waals surface area contributed by atoms with Crippen molar-refractivity contribution >= 4 is 11.7 Å². The van der Waals surface area contributed by atoms with Gasteiger partial charge in [-0.05, 0) is 31.8 Å². The second-order valence-corrected chi connectivity index (χ2v) is 6.78. The Morgan fingerprint density at radius 1 is 0.862 bits per heavy atom. The number of carbonyl (C=O) groups excluding carboxylic acids is 2. The van der Waals surface area contributed by atoms with Gasteiger partial charge in [-0.1, -0.05) is 0 Å². The fraction of sp³-hybridized carbons (Fsp3) is 0.800. The Balaban J connectivity index is 1.92. The Morgan fingerprint density at radius 2 is 1.52 bits per heavy atom. The van der Waals surface area contributed by atoms with E-state index in [0.29, 0.717) is 78.7 Å². The first kappa shape index (κ1) is 25.5. The molecule has 168 valence electrons. The van der Waals surface area contributed by atoms with E-state index in [4.69, 9.17) is 24.7 Å². The van der Waals surface area contributed by atoms with Crippen LogP contribution in [0.1, 0.15) is 32.6 Å². The highest BCUT2D eigenvalue weighted by molar-refractivity contribution is 5.77. The molecular formula is C20H37N3O6. The molecule has 1 rings (SSSR count). The predicted molar refractivity (Wildman–Crippen MR) is 110 cm³/mol. The van der Waals surface area contributed by atoms with Gasteiger partial charge in [0.1, 0.15) is 12.4 Å². The van der Waals surface area contributed by atoms with E-state index in [2.05, 4.69) is 10.6 Å². The van der Waals surface area contributed by atoms with Crippen molar-refractivity contribution in [2.24, 2.45) is 5.73 Å². The number of ketones is 1. The lowest BCUT2D eigenvalue weighted by Crippen LogP contribution is -2.29. The fourth-order valence-corrected chi connectivity index (χ4v) is 2.39. The standard InChI is InChI=1S/C20H37N3O6/c1-17(24)3-2-7-23-20(25)16-29-14-12-27-10-8-22-19(18-4-5-18)15-28-13-11-26-9-6-21/h22H,2-16,21H2,1H3,(H,23,25). The molecule has 0 atom stereocenters. The molecule has 0 aromatic carbocycles. The van der Waals surface area contributed by atoms with E-state index in [9.17, 15) is 9.59 Å². The molecule has 0 bridgehead atoms. The van der Waals surface area contributed by atoms with Gasteiger partial charge in [0.2, 0.25) is 5.91 Å². The fourth-order valence-electron chi connectivity index (χ4n) is 2.39. The molecule has 0 unspecified atom stereocenters. The monoisotopic (exact) mass is 415 g/mol. The molecule has 0 aromatic rings. The maximum absolute atomic E-state index is 11.5. The van der Waals surface area contributed by atoms with Gasteiger partial charge in [0.25, 0.3) is 0 Å². The lowest BCUT2D eigenvalue weighted by atomic mass is 10.2. The molecule has 9 heteroatoms. The third kappa shape index (κ3) is 16.0. The van der Waals surface area contributed by atoms with E-state index in [0.717, 1.165) is 18.5 Å². The highest BCUT2D eigenvalue weighted by Crippen LogP contribution is 2.30. The quantitative estimate of drug-likeness (QED) is 0.240. The van der Waals surface area contributed by atoms with E-state index < -0.39 is 0 Å². The van der Waals surface area contributed by atoms with Crippen LogP contribution in [0, 0.1) is 0 Å². The molecule has 1 amide bonds. The van der Waals surface area contributed by atoms with Gasteiger partial charge in [0, 0.05) is 31.8 Å². The van der Waals surface area contributed by atoms with E-state index in [1.165, 1.54) is 5.57 Å². The van der Waals surface area contributed by atoms with Gasteiger partial charge in [0.05, 0.1) is 46.2 Å². The van der Waals surface area contributed by atoms with Gasteiger partial charge in [-0.25, -0.2) is 0 Å². The Kier molecular flexibility index (Phi) is 15.3. The summed E-state index contributed by atoms with van der Waals surface area (Å²) >= 11 is 0. The van der Waals surface area contributed by atoms with Crippen LogP contribution < -0.4 is 16.4 Å². The van der Waals surface area contributed by atoms with E-state index in [1.54, 1.807) is 6.92 Å². The zero-order valence-corrected chi connectivity index (χ0v) is 17.6. The van der Waals surface area contributed by atoms with Gasteiger partial charge in [0.15, 0.2) is 0 Å². The number of nitrogens with one attached hydrogen (secondary N) is 2. The summed E-state index contributed by atoms with van der Waals surface area (Å²) in [5.74, 6) is -0.0487. The van der Waals surface area contributed by atoms with Gasteiger partial charge >= 0.3 is 0 Å². The third-order valence-corrected chi connectivity index (χ3v) is 4.03. The van der Waals surface area contributed by atoms with Crippen LogP contribution in [-0.4, -0.2) is 84.2 Å². The molecule has 1 saturated carbocycles. The van der Waals surface area contributed by atoms with Crippen molar-refractivity contribution in [3.8, 4) is 0 Å². The topological polar surface area (TPSA) is 121 Å². The highest BCUT2D eigenvalue weighted by Gasteiger charge is 2.17. The second-order valence-electron chi connectivity index (χ2n) is 6.78. The normalized spacial score (nSPS) is 12.7. The molecular weight excluding hydrogens is 378 g/mol. The van der Waals surface area contributed by atoms with Crippen molar-refractivity contribution in [1.82, 2.24) is 10.6 Å². The lowest BCUT2D eigenvalue weighted by Gasteiger charge is -2.12. The number of hydrogen-bond donors (Lipinski definition) is 3. The minimum atomic E-state index is -0.177. The Hall–Kier alpha value is -1.52. The maximum Gasteiger partial charge on any atom is 0.245 e. The van der Waals surface area contributed by atoms with Crippen molar-refractivity contribution in [1.29, 1.82) is 0 Å². The number of allylic oxidation sites excluding steroid dienone is 1. The average molecular weight is 416 g/mol. The number of Topliss-reactive ketones (excluding diaryl/α,β-unsaturated/α-hetero) is 1. The molecule has 0 radical (unpaired) electrons. The first-order chi connectivity index (χ1) is 14.1. The van der Waals surface area contributed by atoms with Crippen LogP contribution in [0.25, 0.3) is 0 Å². The first-order valence-electron chi connectivity index (χ1n) is 10.4. The summed E-state index contributed by atoms with van der Waals surface area (Å²) in [5, 5.41) is 6.08. The molecule has 9 nitrogen and oxygen atoms in total. The van der Waals surface area contributed by atoms with Crippen LogP contribution in [0.2, 0.25) is 0 Å². The summed E-state index contributed by atoms with van der Waals surface area (Å²) in [6, 6.07) is 0. The number of nitrogens with two attached hydrogens (primary N) is 1. The SMILES string of the molecule is CC(=O)CCCNC(=O)COCCOCCNC(COCCOCCN)=C1CC1. The van der Waals surface area contributed by atoms with Gasteiger partial charge in [-0.2, -0.15) is 0 Å². The zero-order chi connectivity index (χ0) is 21.2. The number of ether oxygens (including phenoxy) is 4. The van der Waals surface area contributed by atoms with Crippen molar-refractivity contribution in [3.63, 3.8) is 0 Å². The molecule has 0 spiro atoms. The van der Waals surface area contributed by atoms with Crippen molar-refractivity contribution in [2.45, 2.75) is 32.6 Å². The van der Waals surface area contributed by atoms with E-state index >= 15 is 0 Å². The second kappa shape index (κ2) is 17.3. The van der Waals surface area contributed by atoms with Crippen LogP contribution in [0.3, 0.4) is 0 Å². The summed E-state index contributed by atoms with van der Waals surface area (Å²) in [7, 11) is 0. The van der Waals surface area contributed by atoms with Gasteiger partial charge < -0.3 is 40.1 Å². The average Bonchev–Trinajstić information content (AvgIpc) is 3.53. The van der Waals surface area contributed by atoms with Crippen molar-refractivity contribution in [3.05, 3.63) is 11.3 Å². The summed E-state index contributed by atoms with van der Waals surface area (Å²) < 4.78 is 21.7. The molecule has 0 aliphatic heterocycles. The van der Waals surface area contributed by atoms with Gasteiger partial charge in [-0.3, -0.25) is 4.79 Å². The van der Waals surface area contributed by atoms with E-state index in [-0.39, 0.29) is 18.3 Å². The maximum atomic E-state index is 11.5. The molecule has 0 aromatic heterocycles. The first-order valence-corrected chi connectivity index (χ1v) is 10.4. The zero-order valence-electron chi connectivity index (χ0n) is 17.6.